The van der Waals surface area contributed by atoms with Crippen LogP contribution in [-0.2, 0) is 9.59 Å². The van der Waals surface area contributed by atoms with E-state index < -0.39 is 5.97 Å². The minimum absolute atomic E-state index is 0.0201. The van der Waals surface area contributed by atoms with Crippen LogP contribution in [0.15, 0.2) is 18.2 Å². The number of carbonyl (C=O) groups excluding carboxylic acids is 1. The molecule has 1 spiro atoms. The molecule has 1 saturated carbocycles. The Kier molecular flexibility index (Phi) is 4.04. The van der Waals surface area contributed by atoms with Crippen LogP contribution >= 0.6 is 0 Å². The lowest BCUT2D eigenvalue weighted by Crippen LogP contribution is -2.42. The zero-order chi connectivity index (χ0) is 16.6. The Labute approximate surface area is 136 Å². The monoisotopic (exact) mass is 317 g/mol. The topological polar surface area (TPSA) is 66.8 Å². The molecule has 1 amide bonds. The van der Waals surface area contributed by atoms with E-state index in [1.54, 1.807) is 4.90 Å². The molecule has 0 aromatic heterocycles. The van der Waals surface area contributed by atoms with Crippen molar-refractivity contribution in [3.05, 3.63) is 29.3 Å². The van der Waals surface area contributed by atoms with Crippen LogP contribution in [0.5, 0.6) is 5.75 Å². The van der Waals surface area contributed by atoms with Crippen LogP contribution in [-0.4, -0.2) is 41.6 Å². The number of aryl methyl sites for hydroxylation is 2. The summed E-state index contributed by atoms with van der Waals surface area (Å²) in [7, 11) is 0. The van der Waals surface area contributed by atoms with E-state index in [0.717, 1.165) is 36.1 Å². The molecule has 3 rings (SSSR count). The van der Waals surface area contributed by atoms with Crippen LogP contribution in [0.4, 0.5) is 0 Å². The number of hydrogen-bond donors (Lipinski definition) is 1. The summed E-state index contributed by atoms with van der Waals surface area (Å²) in [6.45, 7) is 5.27. The van der Waals surface area contributed by atoms with Crippen molar-refractivity contribution >= 4 is 11.9 Å². The van der Waals surface area contributed by atoms with E-state index in [1.165, 1.54) is 0 Å². The molecule has 2 aliphatic rings. The quantitative estimate of drug-likeness (QED) is 0.926. The normalized spacial score (nSPS) is 22.0. The van der Waals surface area contributed by atoms with E-state index in [2.05, 4.69) is 0 Å². The predicted octanol–water partition coefficient (Wildman–Crippen LogP) is 2.40. The molecule has 124 valence electrons. The van der Waals surface area contributed by atoms with Gasteiger partial charge in [0, 0.05) is 13.1 Å². The van der Waals surface area contributed by atoms with Crippen molar-refractivity contribution in [2.24, 2.45) is 11.3 Å². The third kappa shape index (κ3) is 3.19. The van der Waals surface area contributed by atoms with Gasteiger partial charge >= 0.3 is 5.97 Å². The van der Waals surface area contributed by atoms with E-state index in [9.17, 15) is 9.59 Å². The van der Waals surface area contributed by atoms with Crippen LogP contribution in [0.2, 0.25) is 0 Å². The van der Waals surface area contributed by atoms with Gasteiger partial charge in [0.2, 0.25) is 0 Å². The van der Waals surface area contributed by atoms with E-state index in [4.69, 9.17) is 9.84 Å². The summed E-state index contributed by atoms with van der Waals surface area (Å²) in [6.07, 6.45) is 2.35. The lowest BCUT2D eigenvalue weighted by molar-refractivity contribution is -0.140. The second-order valence-corrected chi connectivity index (χ2v) is 6.90. The number of carboxylic acids is 1. The molecule has 1 heterocycles. The summed E-state index contributed by atoms with van der Waals surface area (Å²) in [5.41, 5.74) is 2.08. The van der Waals surface area contributed by atoms with Crippen LogP contribution < -0.4 is 4.74 Å². The smallest absolute Gasteiger partial charge is 0.307 e. The third-order valence-electron chi connectivity index (χ3n) is 5.29. The molecule has 23 heavy (non-hydrogen) atoms. The number of piperidine rings is 1. The van der Waals surface area contributed by atoms with Gasteiger partial charge < -0.3 is 14.7 Å². The fraction of sp³-hybridized carbons (Fsp3) is 0.556. The van der Waals surface area contributed by atoms with Crippen molar-refractivity contribution < 1.29 is 19.4 Å². The Balaban J connectivity index is 1.50. The lowest BCUT2D eigenvalue weighted by atomic mass is 9.91. The van der Waals surface area contributed by atoms with Crippen LogP contribution in [0.25, 0.3) is 0 Å². The highest BCUT2D eigenvalue weighted by molar-refractivity contribution is 5.78. The molecule has 1 atom stereocenters. The molecule has 1 saturated heterocycles. The van der Waals surface area contributed by atoms with Crippen LogP contribution in [0.1, 0.15) is 30.4 Å². The highest BCUT2D eigenvalue weighted by Gasteiger charge is 2.59. The number of carbonyl (C=O) groups is 2. The average molecular weight is 317 g/mol. The molecular weight excluding hydrogens is 294 g/mol. The van der Waals surface area contributed by atoms with Gasteiger partial charge in [0.1, 0.15) is 5.75 Å². The second-order valence-electron chi connectivity index (χ2n) is 6.90. The number of nitrogens with zero attached hydrogens (tertiary/aromatic N) is 1. The molecule has 0 bridgehead atoms. The maximum atomic E-state index is 12.3. The van der Waals surface area contributed by atoms with Crippen molar-refractivity contribution in [2.45, 2.75) is 33.1 Å². The predicted molar refractivity (Wildman–Crippen MR) is 85.4 cm³/mol. The third-order valence-corrected chi connectivity index (χ3v) is 5.29. The zero-order valence-electron chi connectivity index (χ0n) is 13.7. The summed E-state index contributed by atoms with van der Waals surface area (Å²) in [4.78, 5) is 25.2. The van der Waals surface area contributed by atoms with Gasteiger partial charge in [0.25, 0.3) is 5.91 Å². The molecule has 1 unspecified atom stereocenters. The molecule has 1 aromatic carbocycles. The van der Waals surface area contributed by atoms with Gasteiger partial charge in [0.05, 0.1) is 5.92 Å². The van der Waals surface area contributed by atoms with Crippen molar-refractivity contribution in [3.8, 4) is 5.75 Å². The van der Waals surface area contributed by atoms with Gasteiger partial charge in [-0.25, -0.2) is 0 Å². The summed E-state index contributed by atoms with van der Waals surface area (Å²) >= 11 is 0. The number of aliphatic carboxylic acids is 1. The molecule has 1 aliphatic heterocycles. The highest BCUT2D eigenvalue weighted by Crippen LogP contribution is 2.59. The standard InChI is InChI=1S/C18H23NO4/c1-12-3-4-13(2)15(9-12)23-11-16(20)19-7-5-18(6-8-19)10-14(18)17(21)22/h3-4,9,14H,5-8,10-11H2,1-2H3,(H,21,22). The van der Waals surface area contributed by atoms with Gasteiger partial charge in [0.15, 0.2) is 6.61 Å². The van der Waals surface area contributed by atoms with E-state index in [-0.39, 0.29) is 23.8 Å². The van der Waals surface area contributed by atoms with Crippen molar-refractivity contribution in [3.63, 3.8) is 0 Å². The Morgan fingerprint density at radius 1 is 1.30 bits per heavy atom. The molecular formula is C18H23NO4. The Morgan fingerprint density at radius 3 is 2.61 bits per heavy atom. The fourth-order valence-electron chi connectivity index (χ4n) is 3.54. The Morgan fingerprint density at radius 2 is 2.00 bits per heavy atom. The first-order valence-electron chi connectivity index (χ1n) is 8.12. The van der Waals surface area contributed by atoms with Crippen LogP contribution in [0.3, 0.4) is 0 Å². The van der Waals surface area contributed by atoms with Gasteiger partial charge in [-0.2, -0.15) is 0 Å². The Bertz CT molecular complexity index is 632. The molecule has 1 aromatic rings. The van der Waals surface area contributed by atoms with Crippen LogP contribution in [0, 0.1) is 25.2 Å². The minimum atomic E-state index is -0.692. The number of hydrogen-bond acceptors (Lipinski definition) is 3. The number of benzene rings is 1. The molecule has 0 radical (unpaired) electrons. The van der Waals surface area contributed by atoms with E-state index in [0.29, 0.717) is 13.1 Å². The van der Waals surface area contributed by atoms with Gasteiger partial charge in [-0.3, -0.25) is 9.59 Å². The van der Waals surface area contributed by atoms with Crippen molar-refractivity contribution in [1.29, 1.82) is 0 Å². The molecule has 1 aliphatic carbocycles. The van der Waals surface area contributed by atoms with Gasteiger partial charge in [-0.1, -0.05) is 12.1 Å². The first-order valence-corrected chi connectivity index (χ1v) is 8.12. The largest absolute Gasteiger partial charge is 0.483 e. The summed E-state index contributed by atoms with van der Waals surface area (Å²) in [5.74, 6) is -0.165. The maximum absolute atomic E-state index is 12.3. The first-order chi connectivity index (χ1) is 10.9. The number of likely N-dealkylation sites (tertiary alicyclic amines) is 1. The molecule has 1 N–H and O–H groups in total. The maximum Gasteiger partial charge on any atom is 0.307 e. The number of amides is 1. The highest BCUT2D eigenvalue weighted by atomic mass is 16.5. The van der Waals surface area contributed by atoms with Crippen molar-refractivity contribution in [1.82, 2.24) is 4.90 Å². The summed E-state index contributed by atoms with van der Waals surface area (Å²) in [6, 6.07) is 5.94. The first kappa shape index (κ1) is 15.8. The SMILES string of the molecule is Cc1ccc(C)c(OCC(=O)N2CCC3(CC2)CC3C(=O)O)c1. The average Bonchev–Trinajstić information content (AvgIpc) is 3.22. The number of rotatable bonds is 4. The summed E-state index contributed by atoms with van der Waals surface area (Å²) < 4.78 is 5.67. The molecule has 2 fully saturated rings. The zero-order valence-corrected chi connectivity index (χ0v) is 13.7. The fourth-order valence-corrected chi connectivity index (χ4v) is 3.54. The van der Waals surface area contributed by atoms with Gasteiger partial charge in [-0.05, 0) is 55.7 Å². The summed E-state index contributed by atoms with van der Waals surface area (Å²) in [5, 5.41) is 9.10. The molecule has 5 nitrogen and oxygen atoms in total. The van der Waals surface area contributed by atoms with Gasteiger partial charge in [-0.15, -0.1) is 0 Å². The molecule has 5 heteroatoms. The van der Waals surface area contributed by atoms with E-state index in [1.807, 2.05) is 32.0 Å². The van der Waals surface area contributed by atoms with E-state index >= 15 is 0 Å². The Hall–Kier alpha value is -2.04. The number of ether oxygens (including phenoxy) is 1. The lowest BCUT2D eigenvalue weighted by Gasteiger charge is -2.32. The minimum Gasteiger partial charge on any atom is -0.483 e. The number of carboxylic acid groups (broad SMARTS) is 1. The van der Waals surface area contributed by atoms with Crippen molar-refractivity contribution in [2.75, 3.05) is 19.7 Å². The second kappa shape index (κ2) is 5.87.